The molecule has 4 aliphatic rings. The summed E-state index contributed by atoms with van der Waals surface area (Å²) in [7, 11) is 1.36. The predicted molar refractivity (Wildman–Crippen MR) is 87.4 cm³/mol. The number of aromatic nitrogens is 1. The zero-order chi connectivity index (χ0) is 16.1. The Morgan fingerprint density at radius 2 is 1.74 bits per heavy atom. The quantitative estimate of drug-likeness (QED) is 0.862. The van der Waals surface area contributed by atoms with Crippen LogP contribution in [-0.4, -0.2) is 24.0 Å². The van der Waals surface area contributed by atoms with Crippen LogP contribution in [0.4, 0.5) is 5.13 Å². The van der Waals surface area contributed by atoms with Crippen molar-refractivity contribution in [2.24, 2.45) is 29.6 Å². The van der Waals surface area contributed by atoms with Crippen LogP contribution in [0.5, 0.6) is 0 Å². The van der Waals surface area contributed by atoms with Gasteiger partial charge in [0.2, 0.25) is 5.91 Å². The molecule has 4 saturated carbocycles. The lowest BCUT2D eigenvalue weighted by atomic mass is 9.51. The molecular formula is C17H22N2O3S. The first-order valence-electron chi connectivity index (χ1n) is 8.41. The molecule has 0 aliphatic heterocycles. The van der Waals surface area contributed by atoms with E-state index in [1.165, 1.54) is 50.6 Å². The maximum Gasteiger partial charge on any atom is 0.350 e. The van der Waals surface area contributed by atoms with Crippen LogP contribution in [0.25, 0.3) is 0 Å². The Kier molecular flexibility index (Phi) is 3.67. The van der Waals surface area contributed by atoms with Gasteiger partial charge in [0.05, 0.1) is 12.8 Å². The van der Waals surface area contributed by atoms with Crippen LogP contribution in [0.3, 0.4) is 0 Å². The number of hydrogen-bond donors (Lipinski definition) is 1. The van der Waals surface area contributed by atoms with Gasteiger partial charge in [-0.05, 0) is 62.7 Å². The van der Waals surface area contributed by atoms with Gasteiger partial charge in [0, 0.05) is 5.92 Å². The van der Waals surface area contributed by atoms with E-state index in [0.717, 1.165) is 11.8 Å². The molecule has 0 saturated heterocycles. The van der Waals surface area contributed by atoms with Gasteiger partial charge < -0.3 is 10.1 Å². The topological polar surface area (TPSA) is 68.3 Å². The van der Waals surface area contributed by atoms with Crippen LogP contribution in [0.15, 0.2) is 0 Å². The molecule has 4 aliphatic carbocycles. The second-order valence-electron chi connectivity index (χ2n) is 7.37. The van der Waals surface area contributed by atoms with Crippen molar-refractivity contribution < 1.29 is 14.3 Å². The number of anilines is 1. The van der Waals surface area contributed by atoms with Gasteiger partial charge in [-0.25, -0.2) is 9.78 Å². The van der Waals surface area contributed by atoms with Gasteiger partial charge >= 0.3 is 5.97 Å². The third kappa shape index (κ3) is 2.57. The summed E-state index contributed by atoms with van der Waals surface area (Å²) >= 11 is 1.20. The van der Waals surface area contributed by atoms with Crippen molar-refractivity contribution in [1.82, 2.24) is 4.98 Å². The van der Waals surface area contributed by atoms with E-state index in [2.05, 4.69) is 10.3 Å². The van der Waals surface area contributed by atoms with Crippen molar-refractivity contribution in [1.29, 1.82) is 0 Å². The Labute approximate surface area is 139 Å². The van der Waals surface area contributed by atoms with Crippen LogP contribution in [0.2, 0.25) is 0 Å². The summed E-state index contributed by atoms with van der Waals surface area (Å²) in [5.41, 5.74) is 0.613. The second-order valence-corrected chi connectivity index (χ2v) is 8.37. The number of hydrogen-bond acceptors (Lipinski definition) is 5. The van der Waals surface area contributed by atoms with E-state index >= 15 is 0 Å². The lowest BCUT2D eigenvalue weighted by molar-refractivity contribution is -0.132. The number of thiazole rings is 1. The number of methoxy groups -OCH3 is 1. The Morgan fingerprint density at radius 1 is 1.13 bits per heavy atom. The minimum atomic E-state index is -0.393. The lowest BCUT2D eigenvalue weighted by Crippen LogP contribution is -2.49. The zero-order valence-corrected chi connectivity index (χ0v) is 14.3. The third-order valence-corrected chi connectivity index (χ3v) is 6.98. The van der Waals surface area contributed by atoms with Crippen LogP contribution in [0, 0.1) is 36.5 Å². The molecule has 1 aromatic rings. The van der Waals surface area contributed by atoms with Crippen molar-refractivity contribution >= 4 is 28.3 Å². The molecule has 1 amide bonds. The van der Waals surface area contributed by atoms with Gasteiger partial charge in [-0.15, -0.1) is 0 Å². The minimum Gasteiger partial charge on any atom is -0.465 e. The maximum atomic E-state index is 12.8. The van der Waals surface area contributed by atoms with Crippen molar-refractivity contribution in [3.05, 3.63) is 10.6 Å². The average Bonchev–Trinajstić information content (AvgIpc) is 2.85. The molecule has 1 aromatic heterocycles. The summed E-state index contributed by atoms with van der Waals surface area (Å²) in [4.78, 5) is 29.3. The largest absolute Gasteiger partial charge is 0.465 e. The average molecular weight is 334 g/mol. The first kappa shape index (κ1) is 15.1. The number of aryl methyl sites for hydroxylation is 1. The first-order valence-corrected chi connectivity index (χ1v) is 9.23. The smallest absolute Gasteiger partial charge is 0.350 e. The maximum absolute atomic E-state index is 12.8. The highest BCUT2D eigenvalue weighted by atomic mass is 32.1. The molecule has 4 fully saturated rings. The molecule has 4 bridgehead atoms. The van der Waals surface area contributed by atoms with Gasteiger partial charge in [0.15, 0.2) is 5.13 Å². The number of carbonyl (C=O) groups is 2. The standard InChI is InChI=1S/C17H22N2O3S/c1-8-14(16(21)22-2)23-17(18-8)19-15(20)13-11-4-9-3-10(6-11)7-12(13)5-9/h9-13H,3-7H2,1-2H3,(H,18,19,20). The summed E-state index contributed by atoms with van der Waals surface area (Å²) in [5.74, 6) is 2.65. The fourth-order valence-electron chi connectivity index (χ4n) is 5.27. The monoisotopic (exact) mass is 334 g/mol. The van der Waals surface area contributed by atoms with Gasteiger partial charge in [-0.2, -0.15) is 0 Å². The Balaban J connectivity index is 1.49. The molecule has 0 spiro atoms. The molecule has 6 heteroatoms. The normalized spacial score (nSPS) is 34.4. The van der Waals surface area contributed by atoms with Crippen molar-refractivity contribution in [2.75, 3.05) is 12.4 Å². The summed E-state index contributed by atoms with van der Waals surface area (Å²) in [5, 5.41) is 3.49. The molecule has 124 valence electrons. The van der Waals surface area contributed by atoms with Crippen molar-refractivity contribution in [2.45, 2.75) is 39.0 Å². The molecule has 0 aromatic carbocycles. The number of rotatable bonds is 3. The Bertz CT molecular complexity index is 626. The van der Waals surface area contributed by atoms with Crippen LogP contribution in [0.1, 0.15) is 47.5 Å². The van der Waals surface area contributed by atoms with E-state index in [1.54, 1.807) is 6.92 Å². The van der Waals surface area contributed by atoms with Crippen molar-refractivity contribution in [3.63, 3.8) is 0 Å². The van der Waals surface area contributed by atoms with E-state index in [1.807, 2.05) is 0 Å². The summed E-state index contributed by atoms with van der Waals surface area (Å²) in [6, 6.07) is 0. The van der Waals surface area contributed by atoms with Crippen LogP contribution in [-0.2, 0) is 9.53 Å². The summed E-state index contributed by atoms with van der Waals surface area (Å²) in [6.45, 7) is 1.77. The van der Waals surface area contributed by atoms with Crippen LogP contribution >= 0.6 is 11.3 Å². The lowest BCUT2D eigenvalue weighted by Gasteiger charge is -2.53. The fourth-order valence-corrected chi connectivity index (χ4v) is 6.16. The molecule has 1 N–H and O–H groups in total. The molecule has 5 rings (SSSR count). The molecule has 0 radical (unpaired) electrons. The van der Waals surface area contributed by atoms with E-state index < -0.39 is 5.97 Å². The van der Waals surface area contributed by atoms with Gasteiger partial charge in [-0.1, -0.05) is 11.3 Å². The number of carbonyl (C=O) groups excluding carboxylic acids is 2. The third-order valence-electron chi connectivity index (χ3n) is 5.93. The highest BCUT2D eigenvalue weighted by Crippen LogP contribution is 2.56. The predicted octanol–water partition coefficient (Wildman–Crippen LogP) is 3.25. The first-order chi connectivity index (χ1) is 11.0. The van der Waals surface area contributed by atoms with Crippen LogP contribution < -0.4 is 5.32 Å². The SMILES string of the molecule is COC(=O)c1sc(NC(=O)C2C3CC4CC(C3)CC2C4)nc1C. The van der Waals surface area contributed by atoms with Gasteiger partial charge in [-0.3, -0.25) is 4.79 Å². The molecule has 0 unspecified atom stereocenters. The van der Waals surface area contributed by atoms with E-state index in [-0.39, 0.29) is 11.8 Å². The number of nitrogens with zero attached hydrogens (tertiary/aromatic N) is 1. The zero-order valence-electron chi connectivity index (χ0n) is 13.5. The fraction of sp³-hybridized carbons (Fsp3) is 0.706. The van der Waals surface area contributed by atoms with Crippen molar-refractivity contribution in [3.8, 4) is 0 Å². The molecule has 5 nitrogen and oxygen atoms in total. The summed E-state index contributed by atoms with van der Waals surface area (Å²) < 4.78 is 4.75. The van der Waals surface area contributed by atoms with Gasteiger partial charge in [0.25, 0.3) is 0 Å². The molecular weight excluding hydrogens is 312 g/mol. The van der Waals surface area contributed by atoms with E-state index in [9.17, 15) is 9.59 Å². The summed E-state index contributed by atoms with van der Waals surface area (Å²) in [6.07, 6.45) is 6.26. The Morgan fingerprint density at radius 3 is 2.30 bits per heavy atom. The van der Waals surface area contributed by atoms with E-state index in [0.29, 0.717) is 27.5 Å². The number of amides is 1. The van der Waals surface area contributed by atoms with Gasteiger partial charge in [0.1, 0.15) is 4.88 Å². The number of ether oxygens (including phenoxy) is 1. The molecule has 1 heterocycles. The molecule has 0 atom stereocenters. The number of esters is 1. The minimum absolute atomic E-state index is 0.101. The second kappa shape index (κ2) is 5.58. The highest BCUT2D eigenvalue weighted by molar-refractivity contribution is 7.17. The van der Waals surface area contributed by atoms with E-state index in [4.69, 9.17) is 4.74 Å². The number of nitrogens with one attached hydrogen (secondary N) is 1. The molecule has 23 heavy (non-hydrogen) atoms. The highest BCUT2D eigenvalue weighted by Gasteiger charge is 2.50. The Hall–Kier alpha value is -1.43.